The maximum absolute atomic E-state index is 11.3. The molecule has 1 aliphatic heterocycles. The van der Waals surface area contributed by atoms with Gasteiger partial charge in [-0.1, -0.05) is 0 Å². The average Bonchev–Trinajstić information content (AvgIpc) is 2.72. The number of rotatable bonds is 2. The lowest BCUT2D eigenvalue weighted by molar-refractivity contribution is -0.144. The lowest BCUT2D eigenvalue weighted by Crippen LogP contribution is -2.39. The van der Waals surface area contributed by atoms with Gasteiger partial charge in [0.2, 0.25) is 0 Å². The molecule has 5 heteroatoms. The van der Waals surface area contributed by atoms with Gasteiger partial charge in [-0.15, -0.1) is 0 Å². The van der Waals surface area contributed by atoms with Crippen molar-refractivity contribution in [2.45, 2.75) is 18.3 Å². The zero-order valence-corrected chi connectivity index (χ0v) is 8.42. The van der Waals surface area contributed by atoms with E-state index in [1.165, 1.54) is 12.7 Å². The average molecular weight is 213 g/mol. The monoisotopic (exact) mass is 213 g/mol. The van der Waals surface area contributed by atoms with E-state index in [-0.39, 0.29) is 0 Å². The van der Waals surface area contributed by atoms with E-state index in [2.05, 4.69) is 4.98 Å². The van der Waals surface area contributed by atoms with Crippen LogP contribution in [0.3, 0.4) is 0 Å². The molecule has 1 aromatic heterocycles. The summed E-state index contributed by atoms with van der Waals surface area (Å²) in [5.41, 5.74) is -0.247. The van der Waals surface area contributed by atoms with Crippen LogP contribution in [0.25, 0.3) is 0 Å². The number of carbonyl (C=O) groups is 1. The van der Waals surface area contributed by atoms with E-state index < -0.39 is 11.4 Å². The van der Waals surface area contributed by atoms with Crippen molar-refractivity contribution in [3.63, 3.8) is 0 Å². The SMILES string of the molecule is O=C(O)C1(c2cocn2)CCSCC1. The fraction of sp³-hybridized carbons (Fsp3) is 0.556. The molecule has 0 atom stereocenters. The molecule has 2 heterocycles. The second kappa shape index (κ2) is 3.65. The maximum Gasteiger partial charge on any atom is 0.315 e. The molecule has 0 bridgehead atoms. The smallest absolute Gasteiger partial charge is 0.315 e. The number of aromatic nitrogens is 1. The highest BCUT2D eigenvalue weighted by atomic mass is 32.2. The standard InChI is InChI=1S/C9H11NO3S/c11-8(12)9(1-3-14-4-2-9)7-5-13-6-10-7/h5-6H,1-4H2,(H,11,12). The lowest BCUT2D eigenvalue weighted by Gasteiger charge is -2.30. The molecule has 0 spiro atoms. The highest BCUT2D eigenvalue weighted by Gasteiger charge is 2.43. The van der Waals surface area contributed by atoms with Gasteiger partial charge in [-0.3, -0.25) is 4.79 Å². The summed E-state index contributed by atoms with van der Waals surface area (Å²) < 4.78 is 4.86. The molecule has 0 aromatic carbocycles. The van der Waals surface area contributed by atoms with Gasteiger partial charge in [0.1, 0.15) is 11.7 Å². The van der Waals surface area contributed by atoms with Crippen molar-refractivity contribution >= 4 is 17.7 Å². The minimum absolute atomic E-state index is 0.560. The number of carboxylic acid groups (broad SMARTS) is 1. The Balaban J connectivity index is 2.35. The molecule has 1 N–H and O–H groups in total. The van der Waals surface area contributed by atoms with Crippen LogP contribution in [0, 0.1) is 0 Å². The van der Waals surface area contributed by atoms with Crippen molar-refractivity contribution in [1.29, 1.82) is 0 Å². The molecule has 0 unspecified atom stereocenters. The molecule has 0 aliphatic carbocycles. The summed E-state index contributed by atoms with van der Waals surface area (Å²) in [6, 6.07) is 0. The van der Waals surface area contributed by atoms with Crippen LogP contribution in [-0.4, -0.2) is 27.6 Å². The number of oxazole rings is 1. The predicted octanol–water partition coefficient (Wildman–Crippen LogP) is 1.52. The number of thioether (sulfide) groups is 1. The molecular weight excluding hydrogens is 202 g/mol. The number of hydrogen-bond acceptors (Lipinski definition) is 4. The van der Waals surface area contributed by atoms with Crippen LogP contribution < -0.4 is 0 Å². The van der Waals surface area contributed by atoms with Crippen LogP contribution in [-0.2, 0) is 10.2 Å². The molecule has 1 fully saturated rings. The minimum atomic E-state index is -0.807. The van der Waals surface area contributed by atoms with Crippen LogP contribution in [0.4, 0.5) is 0 Å². The van der Waals surface area contributed by atoms with Gasteiger partial charge in [0.05, 0.1) is 5.69 Å². The Hall–Kier alpha value is -0.970. The second-order valence-electron chi connectivity index (χ2n) is 3.37. The third kappa shape index (κ3) is 1.41. The molecule has 1 aromatic rings. The van der Waals surface area contributed by atoms with Crippen molar-refractivity contribution in [1.82, 2.24) is 4.98 Å². The normalized spacial score (nSPS) is 20.6. The number of aliphatic carboxylic acids is 1. The largest absolute Gasteiger partial charge is 0.481 e. The molecule has 4 nitrogen and oxygen atoms in total. The third-order valence-electron chi connectivity index (χ3n) is 2.68. The summed E-state index contributed by atoms with van der Waals surface area (Å²) in [6.07, 6.45) is 4.02. The first-order chi connectivity index (χ1) is 6.76. The van der Waals surface area contributed by atoms with Gasteiger partial charge in [-0.25, -0.2) is 4.98 Å². The summed E-state index contributed by atoms with van der Waals surface area (Å²) in [5.74, 6) is 0.963. The summed E-state index contributed by atoms with van der Waals surface area (Å²) in [5, 5.41) is 9.27. The van der Waals surface area contributed by atoms with Crippen LogP contribution in [0.15, 0.2) is 17.1 Å². The van der Waals surface area contributed by atoms with Gasteiger partial charge in [0.25, 0.3) is 0 Å². The van der Waals surface area contributed by atoms with Crippen molar-refractivity contribution in [2.24, 2.45) is 0 Å². The Kier molecular flexibility index (Phi) is 2.50. The Labute approximate surface area is 85.7 Å². The van der Waals surface area contributed by atoms with E-state index in [1.807, 2.05) is 0 Å². The summed E-state index contributed by atoms with van der Waals surface area (Å²) in [4.78, 5) is 15.3. The Morgan fingerprint density at radius 2 is 2.29 bits per heavy atom. The number of nitrogens with zero attached hydrogens (tertiary/aromatic N) is 1. The van der Waals surface area contributed by atoms with Gasteiger partial charge in [-0.2, -0.15) is 11.8 Å². The molecule has 1 saturated heterocycles. The van der Waals surface area contributed by atoms with E-state index in [0.717, 1.165) is 11.5 Å². The highest BCUT2D eigenvalue weighted by Crippen LogP contribution is 2.37. The molecule has 1 aliphatic rings. The highest BCUT2D eigenvalue weighted by molar-refractivity contribution is 7.99. The molecule has 2 rings (SSSR count). The Morgan fingerprint density at radius 3 is 2.79 bits per heavy atom. The van der Waals surface area contributed by atoms with Gasteiger partial charge < -0.3 is 9.52 Å². The third-order valence-corrected chi connectivity index (χ3v) is 3.66. The van der Waals surface area contributed by atoms with E-state index in [0.29, 0.717) is 18.5 Å². The lowest BCUT2D eigenvalue weighted by atomic mass is 9.79. The van der Waals surface area contributed by atoms with Gasteiger partial charge >= 0.3 is 5.97 Å². The van der Waals surface area contributed by atoms with E-state index in [1.54, 1.807) is 11.8 Å². The maximum atomic E-state index is 11.3. The summed E-state index contributed by atoms with van der Waals surface area (Å²) in [7, 11) is 0. The Morgan fingerprint density at radius 1 is 1.57 bits per heavy atom. The first-order valence-corrected chi connectivity index (χ1v) is 5.61. The molecule has 0 amide bonds. The summed E-state index contributed by atoms with van der Waals surface area (Å²) in [6.45, 7) is 0. The summed E-state index contributed by atoms with van der Waals surface area (Å²) >= 11 is 1.79. The quantitative estimate of drug-likeness (QED) is 0.807. The zero-order valence-electron chi connectivity index (χ0n) is 7.60. The molecule has 0 saturated carbocycles. The van der Waals surface area contributed by atoms with Crippen LogP contribution in [0.1, 0.15) is 18.5 Å². The van der Waals surface area contributed by atoms with Crippen molar-refractivity contribution in [3.8, 4) is 0 Å². The Bertz CT molecular complexity index is 317. The predicted molar refractivity (Wildman–Crippen MR) is 52.4 cm³/mol. The van der Waals surface area contributed by atoms with E-state index >= 15 is 0 Å². The van der Waals surface area contributed by atoms with Gasteiger partial charge in [0, 0.05) is 0 Å². The van der Waals surface area contributed by atoms with Crippen molar-refractivity contribution in [2.75, 3.05) is 11.5 Å². The second-order valence-corrected chi connectivity index (χ2v) is 4.60. The molecule has 0 radical (unpaired) electrons. The van der Waals surface area contributed by atoms with E-state index in [4.69, 9.17) is 4.42 Å². The minimum Gasteiger partial charge on any atom is -0.481 e. The van der Waals surface area contributed by atoms with Crippen LogP contribution in [0.5, 0.6) is 0 Å². The molecular formula is C9H11NO3S. The fourth-order valence-electron chi connectivity index (χ4n) is 1.75. The molecule has 76 valence electrons. The topological polar surface area (TPSA) is 63.3 Å². The van der Waals surface area contributed by atoms with Gasteiger partial charge in [-0.05, 0) is 24.3 Å². The van der Waals surface area contributed by atoms with Gasteiger partial charge in [0.15, 0.2) is 6.39 Å². The fourth-order valence-corrected chi connectivity index (χ4v) is 2.94. The van der Waals surface area contributed by atoms with Crippen molar-refractivity contribution < 1.29 is 14.3 Å². The number of hydrogen-bond donors (Lipinski definition) is 1. The van der Waals surface area contributed by atoms with Crippen molar-refractivity contribution in [3.05, 3.63) is 18.4 Å². The first-order valence-electron chi connectivity index (χ1n) is 4.45. The van der Waals surface area contributed by atoms with Crippen LogP contribution >= 0.6 is 11.8 Å². The zero-order chi connectivity index (χ0) is 10.0. The number of carboxylic acids is 1. The first kappa shape index (κ1) is 9.58. The van der Waals surface area contributed by atoms with E-state index in [9.17, 15) is 9.90 Å². The van der Waals surface area contributed by atoms with Crippen LogP contribution in [0.2, 0.25) is 0 Å². The molecule has 14 heavy (non-hydrogen) atoms.